The summed E-state index contributed by atoms with van der Waals surface area (Å²) in [6.07, 6.45) is 2.77. The van der Waals surface area contributed by atoms with E-state index in [-0.39, 0.29) is 5.92 Å². The minimum absolute atomic E-state index is 0.232. The third kappa shape index (κ3) is 2.97. The molecule has 1 aliphatic rings. The van der Waals surface area contributed by atoms with Crippen molar-refractivity contribution in [3.63, 3.8) is 0 Å². The van der Waals surface area contributed by atoms with Gasteiger partial charge in [0.25, 0.3) is 0 Å². The average Bonchev–Trinajstić information content (AvgIpc) is 2.94. The molecule has 1 unspecified atom stereocenters. The van der Waals surface area contributed by atoms with Crippen LogP contribution >= 0.6 is 11.6 Å². The van der Waals surface area contributed by atoms with E-state index in [1.807, 2.05) is 29.9 Å². The average molecular weight is 308 g/mol. The van der Waals surface area contributed by atoms with Gasteiger partial charge < -0.3 is 9.47 Å². The predicted octanol–water partition coefficient (Wildman–Crippen LogP) is 3.07. The first kappa shape index (κ1) is 14.2. The zero-order valence-corrected chi connectivity index (χ0v) is 12.9. The van der Waals surface area contributed by atoms with E-state index in [2.05, 4.69) is 17.2 Å². The lowest BCUT2D eigenvalue weighted by atomic mass is 9.96. The number of rotatable bonds is 4. The van der Waals surface area contributed by atoms with Crippen molar-refractivity contribution in [2.24, 2.45) is 0 Å². The second kappa shape index (κ2) is 5.93. The van der Waals surface area contributed by atoms with E-state index in [1.165, 1.54) is 0 Å². The number of aromatic nitrogens is 3. The molecule has 1 atom stereocenters. The van der Waals surface area contributed by atoms with Gasteiger partial charge in [-0.3, -0.25) is 4.68 Å². The summed E-state index contributed by atoms with van der Waals surface area (Å²) < 4.78 is 13.0. The minimum atomic E-state index is 0.232. The number of aryl methyl sites for hydroxylation is 1. The summed E-state index contributed by atoms with van der Waals surface area (Å²) in [6, 6.07) is 3.82. The Kier molecular flexibility index (Phi) is 4.01. The van der Waals surface area contributed by atoms with Crippen molar-refractivity contribution >= 4 is 11.6 Å². The molecule has 0 radical (unpaired) electrons. The van der Waals surface area contributed by atoms with Crippen LogP contribution in [0.25, 0.3) is 0 Å². The minimum Gasteiger partial charge on any atom is -0.486 e. The molecule has 112 valence electrons. The maximum Gasteiger partial charge on any atom is 0.162 e. The maximum absolute atomic E-state index is 6.38. The fourth-order valence-corrected chi connectivity index (χ4v) is 2.81. The van der Waals surface area contributed by atoms with Gasteiger partial charge in [0.15, 0.2) is 11.5 Å². The molecule has 2 heterocycles. The molecule has 21 heavy (non-hydrogen) atoms. The van der Waals surface area contributed by atoms with E-state index in [4.69, 9.17) is 21.1 Å². The molecule has 3 rings (SSSR count). The van der Waals surface area contributed by atoms with E-state index < -0.39 is 0 Å². The first-order valence-corrected chi connectivity index (χ1v) is 7.53. The molecule has 1 aliphatic heterocycles. The van der Waals surface area contributed by atoms with Gasteiger partial charge in [0.1, 0.15) is 13.2 Å². The fourth-order valence-electron chi connectivity index (χ4n) is 2.47. The van der Waals surface area contributed by atoms with Crippen LogP contribution in [-0.4, -0.2) is 28.2 Å². The molecule has 0 saturated carbocycles. The van der Waals surface area contributed by atoms with Crippen molar-refractivity contribution in [2.75, 3.05) is 13.2 Å². The van der Waals surface area contributed by atoms with Crippen LogP contribution in [0.2, 0.25) is 5.02 Å². The Labute approximate surface area is 128 Å². The van der Waals surface area contributed by atoms with Crippen LogP contribution in [0.5, 0.6) is 11.5 Å². The number of benzene rings is 1. The van der Waals surface area contributed by atoms with Crippen LogP contribution in [0.1, 0.15) is 31.0 Å². The molecule has 0 bridgehead atoms. The van der Waals surface area contributed by atoms with Crippen molar-refractivity contribution in [1.29, 1.82) is 0 Å². The van der Waals surface area contributed by atoms with Gasteiger partial charge in [-0.2, -0.15) is 0 Å². The Morgan fingerprint density at radius 2 is 2.00 bits per heavy atom. The Morgan fingerprint density at radius 3 is 2.67 bits per heavy atom. The molecule has 0 N–H and O–H groups in total. The number of halogens is 1. The largest absolute Gasteiger partial charge is 0.486 e. The summed E-state index contributed by atoms with van der Waals surface area (Å²) in [6.45, 7) is 6.14. The highest BCUT2D eigenvalue weighted by Gasteiger charge is 2.19. The van der Waals surface area contributed by atoms with Crippen molar-refractivity contribution in [1.82, 2.24) is 15.0 Å². The van der Waals surface area contributed by atoms with Gasteiger partial charge in [-0.25, -0.2) is 0 Å². The Hall–Kier alpha value is -1.75. The topological polar surface area (TPSA) is 49.2 Å². The standard InChI is InChI=1S/C15H18ClN3O2/c1-3-19-9-11(17-18-19)6-10(2)12-7-14-15(8-13(12)16)21-5-4-20-14/h7-10H,3-6H2,1-2H3. The monoisotopic (exact) mass is 307 g/mol. The highest BCUT2D eigenvalue weighted by Crippen LogP contribution is 2.38. The lowest BCUT2D eigenvalue weighted by Gasteiger charge is -2.21. The number of fused-ring (bicyclic) bond motifs is 1. The Morgan fingerprint density at radius 1 is 1.29 bits per heavy atom. The van der Waals surface area contributed by atoms with Crippen LogP contribution in [0.3, 0.4) is 0 Å². The maximum atomic E-state index is 6.38. The third-order valence-electron chi connectivity index (χ3n) is 3.62. The third-order valence-corrected chi connectivity index (χ3v) is 3.95. The summed E-state index contributed by atoms with van der Waals surface area (Å²) in [5, 5.41) is 8.95. The highest BCUT2D eigenvalue weighted by molar-refractivity contribution is 6.31. The fraction of sp³-hybridized carbons (Fsp3) is 0.467. The number of nitrogens with zero attached hydrogens (tertiary/aromatic N) is 3. The summed E-state index contributed by atoms with van der Waals surface area (Å²) in [5.74, 6) is 1.72. The number of hydrogen-bond acceptors (Lipinski definition) is 4. The van der Waals surface area contributed by atoms with E-state index in [0.29, 0.717) is 18.2 Å². The van der Waals surface area contributed by atoms with E-state index >= 15 is 0 Å². The zero-order valence-electron chi connectivity index (χ0n) is 12.2. The summed E-state index contributed by atoms with van der Waals surface area (Å²) in [5.41, 5.74) is 2.02. The van der Waals surface area contributed by atoms with Crippen molar-refractivity contribution < 1.29 is 9.47 Å². The molecule has 0 spiro atoms. The molecular weight excluding hydrogens is 290 g/mol. The van der Waals surface area contributed by atoms with Gasteiger partial charge in [0.05, 0.1) is 5.69 Å². The predicted molar refractivity (Wildman–Crippen MR) is 80.3 cm³/mol. The van der Waals surface area contributed by atoms with Gasteiger partial charge in [0, 0.05) is 23.8 Å². The number of hydrogen-bond donors (Lipinski definition) is 0. The molecule has 5 nitrogen and oxygen atoms in total. The van der Waals surface area contributed by atoms with Gasteiger partial charge >= 0.3 is 0 Å². The highest BCUT2D eigenvalue weighted by atomic mass is 35.5. The molecule has 1 aromatic heterocycles. The molecule has 0 aliphatic carbocycles. The van der Waals surface area contributed by atoms with Crippen molar-refractivity contribution in [2.45, 2.75) is 32.7 Å². The molecule has 1 aromatic carbocycles. The van der Waals surface area contributed by atoms with Crippen LogP contribution in [0, 0.1) is 0 Å². The lowest BCUT2D eigenvalue weighted by Crippen LogP contribution is -2.16. The Bertz CT molecular complexity index is 642. The summed E-state index contributed by atoms with van der Waals surface area (Å²) in [4.78, 5) is 0. The van der Waals surface area contributed by atoms with Gasteiger partial charge in [0.2, 0.25) is 0 Å². The van der Waals surface area contributed by atoms with Crippen molar-refractivity contribution in [3.8, 4) is 11.5 Å². The quantitative estimate of drug-likeness (QED) is 0.871. The second-order valence-electron chi connectivity index (χ2n) is 5.19. The van der Waals surface area contributed by atoms with Crippen molar-refractivity contribution in [3.05, 3.63) is 34.6 Å². The zero-order chi connectivity index (χ0) is 14.8. The normalized spacial score (nSPS) is 15.0. The first-order valence-electron chi connectivity index (χ1n) is 7.15. The molecule has 0 fully saturated rings. The van der Waals surface area contributed by atoms with E-state index in [1.54, 1.807) is 0 Å². The number of ether oxygens (including phenoxy) is 2. The second-order valence-corrected chi connectivity index (χ2v) is 5.60. The van der Waals surface area contributed by atoms with E-state index in [0.717, 1.165) is 35.7 Å². The SMILES string of the molecule is CCn1cc(CC(C)c2cc3c(cc2Cl)OCCO3)nn1. The molecule has 0 saturated heterocycles. The summed E-state index contributed by atoms with van der Waals surface area (Å²) in [7, 11) is 0. The molecule has 6 heteroatoms. The lowest BCUT2D eigenvalue weighted by molar-refractivity contribution is 0.171. The first-order chi connectivity index (χ1) is 10.2. The van der Waals surface area contributed by atoms with Gasteiger partial charge in [-0.15, -0.1) is 5.10 Å². The van der Waals surface area contributed by atoms with E-state index in [9.17, 15) is 0 Å². The van der Waals surface area contributed by atoms with Gasteiger partial charge in [-0.05, 0) is 30.9 Å². The molecular formula is C15H18ClN3O2. The van der Waals surface area contributed by atoms with Gasteiger partial charge in [-0.1, -0.05) is 23.7 Å². The van der Waals surface area contributed by atoms with Crippen LogP contribution in [0.15, 0.2) is 18.3 Å². The molecule has 2 aromatic rings. The van der Waals surface area contributed by atoms with Crippen LogP contribution < -0.4 is 9.47 Å². The summed E-state index contributed by atoms with van der Waals surface area (Å²) >= 11 is 6.38. The van der Waals surface area contributed by atoms with Crippen LogP contribution in [0.4, 0.5) is 0 Å². The van der Waals surface area contributed by atoms with Crippen LogP contribution in [-0.2, 0) is 13.0 Å². The smallest absolute Gasteiger partial charge is 0.162 e. The molecule has 0 amide bonds. The Balaban J connectivity index is 1.82.